The highest BCUT2D eigenvalue weighted by Crippen LogP contribution is 2.22. The highest BCUT2D eigenvalue weighted by molar-refractivity contribution is 6.02. The van der Waals surface area contributed by atoms with E-state index in [4.69, 9.17) is 4.74 Å². The molecule has 1 aliphatic heterocycles. The van der Waals surface area contributed by atoms with Gasteiger partial charge in [-0.2, -0.15) is 5.26 Å². The Bertz CT molecular complexity index is 847. The van der Waals surface area contributed by atoms with Crippen molar-refractivity contribution < 1.29 is 19.1 Å². The number of amides is 3. The average Bonchev–Trinajstić information content (AvgIpc) is 3.14. The van der Waals surface area contributed by atoms with Gasteiger partial charge in [-0.25, -0.2) is 0 Å². The number of imide groups is 1. The topological polar surface area (TPSA) is 104 Å². The van der Waals surface area contributed by atoms with E-state index in [1.807, 2.05) is 32.9 Å². The highest BCUT2D eigenvalue weighted by atomic mass is 16.5. The summed E-state index contributed by atoms with van der Waals surface area (Å²) < 4.78 is 7.34. The van der Waals surface area contributed by atoms with Crippen LogP contribution in [0.3, 0.4) is 0 Å². The summed E-state index contributed by atoms with van der Waals surface area (Å²) in [5, 5.41) is 12.1. The Morgan fingerprint density at radius 3 is 2.59 bits per heavy atom. The summed E-state index contributed by atoms with van der Waals surface area (Å²) in [5.74, 6) is -0.810. The Morgan fingerprint density at radius 1 is 1.34 bits per heavy atom. The van der Waals surface area contributed by atoms with E-state index < -0.39 is 5.91 Å². The molecular weight excluding hydrogens is 372 g/mol. The first-order chi connectivity index (χ1) is 13.8. The molecule has 0 saturated carbocycles. The molecule has 0 bridgehead atoms. The first kappa shape index (κ1) is 22.4. The van der Waals surface area contributed by atoms with Crippen molar-refractivity contribution in [2.75, 3.05) is 26.8 Å². The van der Waals surface area contributed by atoms with Crippen LogP contribution in [-0.4, -0.2) is 54.0 Å². The van der Waals surface area contributed by atoms with Crippen LogP contribution in [0.2, 0.25) is 0 Å². The van der Waals surface area contributed by atoms with E-state index in [1.54, 1.807) is 13.2 Å². The predicted molar refractivity (Wildman–Crippen MR) is 108 cm³/mol. The van der Waals surface area contributed by atoms with E-state index >= 15 is 0 Å². The summed E-state index contributed by atoms with van der Waals surface area (Å²) in [7, 11) is 1.65. The fourth-order valence-corrected chi connectivity index (χ4v) is 3.65. The minimum absolute atomic E-state index is 0.0120. The van der Waals surface area contributed by atoms with Crippen molar-refractivity contribution in [1.29, 1.82) is 5.26 Å². The van der Waals surface area contributed by atoms with Crippen molar-refractivity contribution in [2.45, 2.75) is 46.1 Å². The lowest BCUT2D eigenvalue weighted by Crippen LogP contribution is -2.33. The van der Waals surface area contributed by atoms with Gasteiger partial charge in [0.15, 0.2) is 0 Å². The minimum Gasteiger partial charge on any atom is -0.383 e. The summed E-state index contributed by atoms with van der Waals surface area (Å²) in [5.41, 5.74) is 2.80. The van der Waals surface area contributed by atoms with Crippen LogP contribution in [0.4, 0.5) is 0 Å². The number of hydrogen-bond acceptors (Lipinski definition) is 5. The number of likely N-dealkylation sites (tertiary alicyclic amines) is 1. The second-order valence-electron chi connectivity index (χ2n) is 7.22. The molecule has 1 unspecified atom stereocenters. The van der Waals surface area contributed by atoms with E-state index in [0.717, 1.165) is 17.0 Å². The number of aryl methyl sites for hydroxylation is 1. The summed E-state index contributed by atoms with van der Waals surface area (Å²) in [6.07, 6.45) is 2.55. The number of hydrogen-bond donors (Lipinski definition) is 1. The van der Waals surface area contributed by atoms with E-state index in [1.165, 1.54) is 4.90 Å². The summed E-state index contributed by atoms with van der Waals surface area (Å²) in [4.78, 5) is 36.7. The van der Waals surface area contributed by atoms with Crippen molar-refractivity contribution in [3.05, 3.63) is 28.6 Å². The van der Waals surface area contributed by atoms with E-state index in [2.05, 4.69) is 9.88 Å². The number of carbonyl (C=O) groups is 3. The maximum absolute atomic E-state index is 12.4. The maximum atomic E-state index is 12.4. The fourth-order valence-electron chi connectivity index (χ4n) is 3.65. The lowest BCUT2D eigenvalue weighted by molar-refractivity contribution is -0.138. The number of nitrogens with zero attached hydrogens (tertiary/aromatic N) is 3. The SMILES string of the molecule is COCC(C)n1c(C)cc(/C=C(/C#N)C(=O)NCCCN2C(=O)CCC2=O)c1C. The minimum atomic E-state index is -0.471. The third-order valence-corrected chi connectivity index (χ3v) is 5.04. The summed E-state index contributed by atoms with van der Waals surface area (Å²) in [6, 6.07) is 4.03. The zero-order valence-corrected chi connectivity index (χ0v) is 17.4. The van der Waals surface area contributed by atoms with Crippen molar-refractivity contribution >= 4 is 23.8 Å². The van der Waals surface area contributed by atoms with Gasteiger partial charge in [-0.15, -0.1) is 0 Å². The van der Waals surface area contributed by atoms with Gasteiger partial charge in [0.1, 0.15) is 11.6 Å². The van der Waals surface area contributed by atoms with Gasteiger partial charge in [-0.05, 0) is 44.9 Å². The van der Waals surface area contributed by atoms with Gasteiger partial charge >= 0.3 is 0 Å². The number of ether oxygens (including phenoxy) is 1. The Morgan fingerprint density at radius 2 is 2.00 bits per heavy atom. The smallest absolute Gasteiger partial charge is 0.261 e. The molecule has 1 N–H and O–H groups in total. The van der Waals surface area contributed by atoms with Gasteiger partial charge in [-0.3, -0.25) is 19.3 Å². The molecule has 1 aromatic rings. The Balaban J connectivity index is 1.99. The number of carbonyl (C=O) groups excluding carboxylic acids is 3. The van der Waals surface area contributed by atoms with Gasteiger partial charge in [0.05, 0.1) is 12.6 Å². The number of nitrogens with one attached hydrogen (secondary N) is 1. The molecule has 1 saturated heterocycles. The van der Waals surface area contributed by atoms with Gasteiger partial charge in [-0.1, -0.05) is 0 Å². The van der Waals surface area contributed by atoms with Crippen molar-refractivity contribution in [2.24, 2.45) is 0 Å². The molecule has 156 valence electrons. The van der Waals surface area contributed by atoms with Crippen LogP contribution in [0.15, 0.2) is 11.6 Å². The molecule has 1 fully saturated rings. The molecule has 29 heavy (non-hydrogen) atoms. The van der Waals surface area contributed by atoms with Crippen LogP contribution >= 0.6 is 0 Å². The molecule has 8 heteroatoms. The zero-order chi connectivity index (χ0) is 21.6. The van der Waals surface area contributed by atoms with E-state index in [9.17, 15) is 19.6 Å². The molecule has 2 rings (SSSR count). The van der Waals surface area contributed by atoms with E-state index in [-0.39, 0.29) is 49.4 Å². The monoisotopic (exact) mass is 400 g/mol. The van der Waals surface area contributed by atoms with Gasteiger partial charge < -0.3 is 14.6 Å². The number of nitriles is 1. The molecule has 1 atom stereocenters. The maximum Gasteiger partial charge on any atom is 0.261 e. The van der Waals surface area contributed by atoms with Crippen molar-refractivity contribution in [3.8, 4) is 6.07 Å². The molecule has 1 aromatic heterocycles. The molecular formula is C21H28N4O4. The number of aromatic nitrogens is 1. The second kappa shape index (κ2) is 10.0. The Kier molecular flexibility index (Phi) is 7.74. The van der Waals surface area contributed by atoms with Crippen molar-refractivity contribution in [1.82, 2.24) is 14.8 Å². The summed E-state index contributed by atoms with van der Waals surface area (Å²) in [6.45, 7) is 7.09. The Labute approximate surface area is 171 Å². The molecule has 3 amide bonds. The molecule has 0 aromatic carbocycles. The number of methoxy groups -OCH3 is 1. The first-order valence-electron chi connectivity index (χ1n) is 9.70. The van der Waals surface area contributed by atoms with Crippen LogP contribution in [0.25, 0.3) is 6.08 Å². The molecule has 0 aliphatic carbocycles. The summed E-state index contributed by atoms with van der Waals surface area (Å²) >= 11 is 0. The molecule has 0 radical (unpaired) electrons. The van der Waals surface area contributed by atoms with Crippen LogP contribution in [0.5, 0.6) is 0 Å². The highest BCUT2D eigenvalue weighted by Gasteiger charge is 2.28. The Hall–Kier alpha value is -2.92. The molecule has 8 nitrogen and oxygen atoms in total. The zero-order valence-electron chi connectivity index (χ0n) is 17.4. The normalized spacial score (nSPS) is 15.6. The average molecular weight is 400 g/mol. The lowest BCUT2D eigenvalue weighted by atomic mass is 10.1. The van der Waals surface area contributed by atoms with Gasteiger partial charge in [0.25, 0.3) is 5.91 Å². The van der Waals surface area contributed by atoms with Gasteiger partial charge in [0.2, 0.25) is 11.8 Å². The van der Waals surface area contributed by atoms with E-state index in [0.29, 0.717) is 13.0 Å². The molecule has 1 aliphatic rings. The van der Waals surface area contributed by atoms with Crippen LogP contribution < -0.4 is 5.32 Å². The van der Waals surface area contributed by atoms with Crippen molar-refractivity contribution in [3.63, 3.8) is 0 Å². The molecule has 2 heterocycles. The molecule has 0 spiro atoms. The fraction of sp³-hybridized carbons (Fsp3) is 0.524. The van der Waals surface area contributed by atoms with Crippen LogP contribution in [0, 0.1) is 25.2 Å². The third-order valence-electron chi connectivity index (χ3n) is 5.04. The third kappa shape index (κ3) is 5.33. The second-order valence-corrected chi connectivity index (χ2v) is 7.22. The quantitative estimate of drug-likeness (QED) is 0.295. The standard InChI is InChI=1S/C21H28N4O4/c1-14-10-17(16(3)25(14)15(2)13-29-4)11-18(12-22)21(28)23-8-5-9-24-19(26)6-7-20(24)27/h10-11,15H,5-9,13H2,1-4H3,(H,23,28)/b18-11-. The number of rotatable bonds is 9. The first-order valence-corrected chi connectivity index (χ1v) is 9.70. The lowest BCUT2D eigenvalue weighted by Gasteiger charge is -2.17. The van der Waals surface area contributed by atoms with Crippen LogP contribution in [-0.2, 0) is 19.1 Å². The van der Waals surface area contributed by atoms with Crippen LogP contribution in [0.1, 0.15) is 49.2 Å². The van der Waals surface area contributed by atoms with Gasteiger partial charge in [0, 0.05) is 44.4 Å². The largest absolute Gasteiger partial charge is 0.383 e. The predicted octanol–water partition coefficient (Wildman–Crippen LogP) is 1.87.